The van der Waals surface area contributed by atoms with Gasteiger partial charge in [0.15, 0.2) is 16.8 Å². The zero-order valence-electron chi connectivity index (χ0n) is 17.9. The first kappa shape index (κ1) is 24.1. The second kappa shape index (κ2) is 10.1. The van der Waals surface area contributed by atoms with Crippen LogP contribution in [0.3, 0.4) is 0 Å². The molecule has 0 atom stereocenters. The average molecular weight is 628 g/mol. The molecule has 35 heavy (non-hydrogen) atoms. The van der Waals surface area contributed by atoms with E-state index in [-0.39, 0.29) is 27.4 Å². The van der Waals surface area contributed by atoms with Crippen molar-refractivity contribution in [3.63, 3.8) is 0 Å². The third kappa shape index (κ3) is 4.76. The SMILES string of the molecule is O=c1cc(-c2ccccc2)oc2c(Sc3ccccc3Br)c(O)c(Sc3ccccc3Br)c(O)c12. The number of rotatable bonds is 5. The number of fused-ring (bicyclic) bond motifs is 1. The van der Waals surface area contributed by atoms with Crippen LogP contribution < -0.4 is 5.43 Å². The number of benzene rings is 4. The highest BCUT2D eigenvalue weighted by atomic mass is 79.9. The fourth-order valence-electron chi connectivity index (χ4n) is 3.52. The molecule has 0 amide bonds. The van der Waals surface area contributed by atoms with Crippen molar-refractivity contribution < 1.29 is 14.6 Å². The van der Waals surface area contributed by atoms with Crippen LogP contribution in [0.15, 0.2) is 123 Å². The van der Waals surface area contributed by atoms with Crippen molar-refractivity contribution in [3.8, 4) is 22.8 Å². The molecule has 0 aliphatic heterocycles. The summed E-state index contributed by atoms with van der Waals surface area (Å²) in [5.74, 6) is -0.130. The van der Waals surface area contributed by atoms with Crippen molar-refractivity contribution in [1.82, 2.24) is 0 Å². The van der Waals surface area contributed by atoms with Gasteiger partial charge in [0.2, 0.25) is 0 Å². The minimum absolute atomic E-state index is 0.0200. The Morgan fingerprint density at radius 2 is 1.23 bits per heavy atom. The second-order valence-electron chi connectivity index (χ2n) is 7.47. The summed E-state index contributed by atoms with van der Waals surface area (Å²) in [7, 11) is 0. The van der Waals surface area contributed by atoms with E-state index >= 15 is 0 Å². The van der Waals surface area contributed by atoms with Gasteiger partial charge in [-0.3, -0.25) is 4.79 Å². The summed E-state index contributed by atoms with van der Waals surface area (Å²) < 4.78 is 7.82. The Morgan fingerprint density at radius 1 is 0.686 bits per heavy atom. The van der Waals surface area contributed by atoms with Gasteiger partial charge in [0, 0.05) is 30.4 Å². The average Bonchev–Trinajstić information content (AvgIpc) is 2.86. The van der Waals surface area contributed by atoms with E-state index in [2.05, 4.69) is 31.9 Å². The first-order valence-electron chi connectivity index (χ1n) is 10.4. The lowest BCUT2D eigenvalue weighted by molar-refractivity contribution is 0.420. The lowest BCUT2D eigenvalue weighted by Crippen LogP contribution is -2.03. The first-order valence-corrected chi connectivity index (χ1v) is 13.6. The van der Waals surface area contributed by atoms with E-state index in [1.54, 1.807) is 0 Å². The smallest absolute Gasteiger partial charge is 0.197 e. The van der Waals surface area contributed by atoms with Gasteiger partial charge in [0.25, 0.3) is 0 Å². The standard InChI is InChI=1S/C27H16Br2O4S2/c28-16-10-4-6-12-20(16)34-26-23(31)22-18(30)14-19(15-8-2-1-3-9-15)33-25(22)27(24(26)32)35-21-13-7-5-11-17(21)29/h1-14,31-32H. The molecule has 1 heterocycles. The Morgan fingerprint density at radius 3 is 1.83 bits per heavy atom. The minimum Gasteiger partial charge on any atom is -0.506 e. The molecular formula is C27H16Br2O4S2. The van der Waals surface area contributed by atoms with Crippen molar-refractivity contribution in [1.29, 1.82) is 0 Å². The van der Waals surface area contributed by atoms with Crippen LogP contribution in [0, 0.1) is 0 Å². The second-order valence-corrected chi connectivity index (χ2v) is 11.3. The van der Waals surface area contributed by atoms with Crippen molar-refractivity contribution in [3.05, 3.63) is 104 Å². The first-order chi connectivity index (χ1) is 16.9. The van der Waals surface area contributed by atoms with Crippen molar-refractivity contribution in [2.45, 2.75) is 19.6 Å². The maximum absolute atomic E-state index is 13.3. The van der Waals surface area contributed by atoms with E-state index in [9.17, 15) is 15.0 Å². The molecule has 2 N–H and O–H groups in total. The summed E-state index contributed by atoms with van der Waals surface area (Å²) in [5.41, 5.74) is 0.447. The van der Waals surface area contributed by atoms with Crippen molar-refractivity contribution in [2.75, 3.05) is 0 Å². The van der Waals surface area contributed by atoms with Crippen LogP contribution in [0.1, 0.15) is 0 Å². The molecule has 0 radical (unpaired) electrons. The minimum atomic E-state index is -0.398. The van der Waals surface area contributed by atoms with Gasteiger partial charge < -0.3 is 14.6 Å². The van der Waals surface area contributed by atoms with E-state index in [1.807, 2.05) is 78.9 Å². The van der Waals surface area contributed by atoms with Crippen LogP contribution in [0.2, 0.25) is 0 Å². The molecule has 0 aliphatic rings. The normalized spacial score (nSPS) is 11.1. The summed E-state index contributed by atoms with van der Waals surface area (Å²) in [5, 5.41) is 22.6. The molecule has 5 rings (SSSR count). The number of hydrogen-bond acceptors (Lipinski definition) is 6. The molecular weight excluding hydrogens is 612 g/mol. The zero-order chi connectivity index (χ0) is 24.5. The number of halogens is 2. The summed E-state index contributed by atoms with van der Waals surface area (Å²) in [6, 6.07) is 25.6. The molecule has 0 unspecified atom stereocenters. The van der Waals surface area contributed by atoms with Gasteiger partial charge in [-0.1, -0.05) is 78.1 Å². The van der Waals surface area contributed by atoms with Crippen LogP contribution in [0.4, 0.5) is 0 Å². The summed E-state index contributed by atoms with van der Waals surface area (Å²) in [6.45, 7) is 0. The number of phenols is 2. The van der Waals surface area contributed by atoms with Crippen LogP contribution in [-0.4, -0.2) is 10.2 Å². The molecule has 0 saturated heterocycles. The fourth-order valence-corrected chi connectivity index (χ4v) is 6.54. The van der Waals surface area contributed by atoms with E-state index < -0.39 is 5.43 Å². The number of phenolic OH excluding ortho intramolecular Hbond substituents is 2. The Bertz CT molecular complexity index is 1620. The molecule has 4 nitrogen and oxygen atoms in total. The Balaban J connectivity index is 1.80. The quantitative estimate of drug-likeness (QED) is 0.203. The highest BCUT2D eigenvalue weighted by Crippen LogP contribution is 2.53. The van der Waals surface area contributed by atoms with Gasteiger partial charge in [-0.05, 0) is 56.1 Å². The zero-order valence-corrected chi connectivity index (χ0v) is 22.7. The van der Waals surface area contributed by atoms with Gasteiger partial charge >= 0.3 is 0 Å². The third-order valence-corrected chi connectivity index (χ3v) is 9.42. The van der Waals surface area contributed by atoms with Crippen LogP contribution in [-0.2, 0) is 0 Å². The molecule has 0 fully saturated rings. The molecule has 0 saturated carbocycles. The molecule has 0 spiro atoms. The fraction of sp³-hybridized carbons (Fsp3) is 0. The van der Waals surface area contributed by atoms with Crippen molar-refractivity contribution in [2.24, 2.45) is 0 Å². The van der Waals surface area contributed by atoms with E-state index in [0.717, 1.165) is 18.7 Å². The monoisotopic (exact) mass is 626 g/mol. The predicted octanol–water partition coefficient (Wildman–Crippen LogP) is 8.70. The topological polar surface area (TPSA) is 70.7 Å². The van der Waals surface area contributed by atoms with E-state index in [4.69, 9.17) is 4.42 Å². The van der Waals surface area contributed by atoms with Crippen LogP contribution >= 0.6 is 55.4 Å². The molecule has 0 aliphatic carbocycles. The highest BCUT2D eigenvalue weighted by Gasteiger charge is 2.26. The van der Waals surface area contributed by atoms with Gasteiger partial charge in [0.1, 0.15) is 16.9 Å². The largest absolute Gasteiger partial charge is 0.506 e. The Hall–Kier alpha value is -2.65. The van der Waals surface area contributed by atoms with Gasteiger partial charge in [-0.15, -0.1) is 0 Å². The number of hydrogen-bond donors (Lipinski definition) is 2. The molecule has 0 bridgehead atoms. The van der Waals surface area contributed by atoms with Gasteiger partial charge in [-0.25, -0.2) is 0 Å². The maximum Gasteiger partial charge on any atom is 0.197 e. The van der Waals surface area contributed by atoms with Gasteiger partial charge in [0.05, 0.1) is 9.79 Å². The molecule has 5 aromatic rings. The molecule has 4 aromatic carbocycles. The summed E-state index contributed by atoms with van der Waals surface area (Å²) >= 11 is 9.48. The predicted molar refractivity (Wildman–Crippen MR) is 148 cm³/mol. The van der Waals surface area contributed by atoms with E-state index in [0.29, 0.717) is 16.2 Å². The highest BCUT2D eigenvalue weighted by molar-refractivity contribution is 9.10. The lowest BCUT2D eigenvalue weighted by Gasteiger charge is -2.16. The Labute approximate surface area is 226 Å². The van der Waals surface area contributed by atoms with Crippen LogP contribution in [0.25, 0.3) is 22.3 Å². The maximum atomic E-state index is 13.3. The molecule has 174 valence electrons. The molecule has 1 aromatic heterocycles. The summed E-state index contributed by atoms with van der Waals surface area (Å²) in [4.78, 5) is 15.4. The number of aromatic hydroxyl groups is 2. The molecule has 8 heteroatoms. The van der Waals surface area contributed by atoms with Crippen molar-refractivity contribution >= 4 is 66.4 Å². The third-order valence-electron chi connectivity index (χ3n) is 5.19. The van der Waals surface area contributed by atoms with Gasteiger partial charge in [-0.2, -0.15) is 0 Å². The Kier molecular flexibility index (Phi) is 6.98. The van der Waals surface area contributed by atoms with E-state index in [1.165, 1.54) is 29.6 Å². The lowest BCUT2D eigenvalue weighted by atomic mass is 10.1. The van der Waals surface area contributed by atoms with Crippen LogP contribution in [0.5, 0.6) is 11.5 Å². The summed E-state index contributed by atoms with van der Waals surface area (Å²) in [6.07, 6.45) is 0.